The van der Waals surface area contributed by atoms with Crippen LogP contribution in [0.1, 0.15) is 38.4 Å². The number of amides is 1. The summed E-state index contributed by atoms with van der Waals surface area (Å²) in [4.78, 5) is 17.4. The molecule has 0 aliphatic heterocycles. The lowest BCUT2D eigenvalue weighted by Gasteiger charge is -2.12. The van der Waals surface area contributed by atoms with Crippen molar-refractivity contribution in [1.29, 1.82) is 0 Å². The largest absolute Gasteiger partial charge is 0.326 e. The minimum absolute atomic E-state index is 0.192. The first-order chi connectivity index (χ1) is 14.3. The maximum atomic E-state index is 12.7. The van der Waals surface area contributed by atoms with Crippen LogP contribution in [0.5, 0.6) is 0 Å². The highest BCUT2D eigenvalue weighted by atomic mass is 16.1. The minimum Gasteiger partial charge on any atom is -0.326 e. The molecule has 0 fully saturated rings. The third-order valence-electron chi connectivity index (χ3n) is 5.15. The summed E-state index contributed by atoms with van der Waals surface area (Å²) in [6.45, 7) is 8.64. The lowest BCUT2D eigenvalue weighted by atomic mass is 10.1. The number of nitrogens with zero attached hydrogens (tertiary/aromatic N) is 3. The van der Waals surface area contributed by atoms with Crippen molar-refractivity contribution in [2.24, 2.45) is 12.0 Å². The van der Waals surface area contributed by atoms with Crippen LogP contribution >= 0.6 is 0 Å². The van der Waals surface area contributed by atoms with Gasteiger partial charge in [0.05, 0.1) is 5.69 Å². The number of nitrogens with one attached hydrogen (secondary N) is 2. The molecule has 0 atom stereocenters. The SMILES string of the molecule is Cc1ccc(NC(=NCCc2c(C)nn(C)c2C)NC(=O)c2ccc(C)cc2)cc1. The monoisotopic (exact) mass is 403 g/mol. The molecule has 0 saturated carbocycles. The third kappa shape index (κ3) is 5.35. The van der Waals surface area contributed by atoms with Gasteiger partial charge in [-0.3, -0.25) is 19.8 Å². The number of aliphatic imine (C=N–C) groups is 1. The van der Waals surface area contributed by atoms with Crippen molar-refractivity contribution in [3.05, 3.63) is 82.2 Å². The number of hydrogen-bond acceptors (Lipinski definition) is 3. The van der Waals surface area contributed by atoms with Gasteiger partial charge in [-0.15, -0.1) is 0 Å². The number of carbonyl (C=O) groups is 1. The molecular formula is C24H29N5O. The summed E-state index contributed by atoms with van der Waals surface area (Å²) in [6, 6.07) is 15.5. The first-order valence-electron chi connectivity index (χ1n) is 10.1. The van der Waals surface area contributed by atoms with Gasteiger partial charge in [0, 0.05) is 30.5 Å². The summed E-state index contributed by atoms with van der Waals surface area (Å²) in [5.41, 5.74) is 7.10. The van der Waals surface area contributed by atoms with Crippen LogP contribution in [0, 0.1) is 27.7 Å². The van der Waals surface area contributed by atoms with Gasteiger partial charge in [0.1, 0.15) is 0 Å². The zero-order chi connectivity index (χ0) is 21.7. The molecule has 2 N–H and O–H groups in total. The predicted octanol–water partition coefficient (Wildman–Crippen LogP) is 4.09. The van der Waals surface area contributed by atoms with Gasteiger partial charge < -0.3 is 5.32 Å². The van der Waals surface area contributed by atoms with Crippen molar-refractivity contribution in [2.45, 2.75) is 34.1 Å². The fourth-order valence-electron chi connectivity index (χ4n) is 3.23. The second-order valence-corrected chi connectivity index (χ2v) is 7.56. The summed E-state index contributed by atoms with van der Waals surface area (Å²) in [6.07, 6.45) is 0.755. The van der Waals surface area contributed by atoms with Gasteiger partial charge in [-0.05, 0) is 63.9 Å². The Morgan fingerprint density at radius 1 is 0.967 bits per heavy atom. The Hall–Kier alpha value is -3.41. The molecule has 0 aliphatic carbocycles. The number of hydrogen-bond donors (Lipinski definition) is 2. The number of anilines is 1. The van der Waals surface area contributed by atoms with E-state index in [1.54, 1.807) is 0 Å². The molecule has 6 nitrogen and oxygen atoms in total. The Balaban J connectivity index is 1.77. The van der Waals surface area contributed by atoms with Crippen LogP contribution in [0.2, 0.25) is 0 Å². The molecule has 3 rings (SSSR count). The maximum absolute atomic E-state index is 12.7. The van der Waals surface area contributed by atoms with Crippen LogP contribution in [0.3, 0.4) is 0 Å². The van der Waals surface area contributed by atoms with Gasteiger partial charge in [-0.2, -0.15) is 5.10 Å². The first kappa shape index (κ1) is 21.3. The number of guanidine groups is 1. The standard InChI is InChI=1S/C24H29N5O/c1-16-6-10-20(11-7-16)23(30)27-24(26-21-12-8-17(2)9-13-21)25-15-14-22-18(3)28-29(5)19(22)4/h6-13H,14-15H2,1-5H3,(H2,25,26,27,30). The number of aromatic nitrogens is 2. The molecule has 0 radical (unpaired) electrons. The van der Waals surface area contributed by atoms with Crippen molar-refractivity contribution in [3.8, 4) is 0 Å². The Bertz CT molecular complexity index is 1050. The normalized spacial score (nSPS) is 11.4. The van der Waals surface area contributed by atoms with Crippen molar-refractivity contribution in [2.75, 3.05) is 11.9 Å². The van der Waals surface area contributed by atoms with Gasteiger partial charge in [-0.1, -0.05) is 35.4 Å². The summed E-state index contributed by atoms with van der Waals surface area (Å²) < 4.78 is 1.89. The van der Waals surface area contributed by atoms with E-state index in [4.69, 9.17) is 0 Å². The average molecular weight is 404 g/mol. The number of aryl methyl sites for hydroxylation is 4. The van der Waals surface area contributed by atoms with Crippen LogP contribution in [0.15, 0.2) is 53.5 Å². The van der Waals surface area contributed by atoms with Crippen LogP contribution in [0.4, 0.5) is 5.69 Å². The van der Waals surface area contributed by atoms with E-state index in [9.17, 15) is 4.79 Å². The van der Waals surface area contributed by atoms with Crippen molar-refractivity contribution < 1.29 is 4.79 Å². The van der Waals surface area contributed by atoms with Gasteiger partial charge in [-0.25, -0.2) is 0 Å². The van der Waals surface area contributed by atoms with E-state index in [0.717, 1.165) is 29.1 Å². The number of rotatable bonds is 5. The Morgan fingerprint density at radius 2 is 1.57 bits per heavy atom. The molecule has 2 aromatic carbocycles. The molecule has 0 unspecified atom stereocenters. The molecule has 1 aromatic heterocycles. The van der Waals surface area contributed by atoms with E-state index < -0.39 is 0 Å². The molecule has 0 spiro atoms. The van der Waals surface area contributed by atoms with Crippen LogP contribution in [-0.2, 0) is 13.5 Å². The van der Waals surface area contributed by atoms with E-state index in [0.29, 0.717) is 18.1 Å². The smallest absolute Gasteiger partial charge is 0.257 e. The molecule has 156 valence electrons. The second kappa shape index (κ2) is 9.39. The molecule has 0 bridgehead atoms. The molecule has 0 aliphatic rings. The van der Waals surface area contributed by atoms with Crippen LogP contribution in [0.25, 0.3) is 0 Å². The third-order valence-corrected chi connectivity index (χ3v) is 5.15. The van der Waals surface area contributed by atoms with E-state index in [-0.39, 0.29) is 5.91 Å². The Kier molecular flexibility index (Phi) is 6.67. The quantitative estimate of drug-likeness (QED) is 0.498. The van der Waals surface area contributed by atoms with Gasteiger partial charge in [0.15, 0.2) is 0 Å². The molecule has 0 saturated heterocycles. The maximum Gasteiger partial charge on any atom is 0.257 e. The lowest BCUT2D eigenvalue weighted by Crippen LogP contribution is -2.36. The lowest BCUT2D eigenvalue weighted by molar-refractivity contribution is 0.0977. The fourth-order valence-corrected chi connectivity index (χ4v) is 3.23. The Morgan fingerprint density at radius 3 is 2.13 bits per heavy atom. The highest BCUT2D eigenvalue weighted by molar-refractivity contribution is 6.09. The molecule has 6 heteroatoms. The molecular weight excluding hydrogens is 374 g/mol. The van der Waals surface area contributed by atoms with E-state index >= 15 is 0 Å². The van der Waals surface area contributed by atoms with Gasteiger partial charge in [0.25, 0.3) is 5.91 Å². The van der Waals surface area contributed by atoms with Gasteiger partial charge in [0.2, 0.25) is 5.96 Å². The minimum atomic E-state index is -0.192. The van der Waals surface area contributed by atoms with Gasteiger partial charge >= 0.3 is 0 Å². The summed E-state index contributed by atoms with van der Waals surface area (Å²) in [7, 11) is 1.95. The summed E-state index contributed by atoms with van der Waals surface area (Å²) in [5, 5.41) is 10.6. The average Bonchev–Trinajstić information content (AvgIpc) is 2.96. The fraction of sp³-hybridized carbons (Fsp3) is 0.292. The van der Waals surface area contributed by atoms with Crippen LogP contribution in [-0.4, -0.2) is 28.2 Å². The summed E-state index contributed by atoms with van der Waals surface area (Å²) >= 11 is 0. The highest BCUT2D eigenvalue weighted by Crippen LogP contribution is 2.13. The molecule has 1 amide bonds. The molecule has 1 heterocycles. The zero-order valence-corrected chi connectivity index (χ0v) is 18.3. The van der Waals surface area contributed by atoms with Crippen molar-refractivity contribution in [3.63, 3.8) is 0 Å². The predicted molar refractivity (Wildman–Crippen MR) is 122 cm³/mol. The van der Waals surface area contributed by atoms with Crippen molar-refractivity contribution >= 4 is 17.6 Å². The van der Waals surface area contributed by atoms with E-state index in [1.165, 1.54) is 11.1 Å². The molecule has 3 aromatic rings. The Labute approximate surface area is 178 Å². The number of benzene rings is 2. The van der Waals surface area contributed by atoms with E-state index in [2.05, 4.69) is 27.6 Å². The highest BCUT2D eigenvalue weighted by Gasteiger charge is 2.11. The summed E-state index contributed by atoms with van der Waals surface area (Å²) in [5.74, 6) is 0.241. The second-order valence-electron chi connectivity index (χ2n) is 7.56. The zero-order valence-electron chi connectivity index (χ0n) is 18.3. The molecule has 30 heavy (non-hydrogen) atoms. The number of carbonyl (C=O) groups excluding carboxylic acids is 1. The van der Waals surface area contributed by atoms with Crippen LogP contribution < -0.4 is 10.6 Å². The van der Waals surface area contributed by atoms with Crippen molar-refractivity contribution in [1.82, 2.24) is 15.1 Å². The van der Waals surface area contributed by atoms with E-state index in [1.807, 2.05) is 81.0 Å². The first-order valence-corrected chi connectivity index (χ1v) is 10.1. The topological polar surface area (TPSA) is 71.3 Å².